The van der Waals surface area contributed by atoms with Crippen LogP contribution in [0.15, 0.2) is 24.3 Å². The van der Waals surface area contributed by atoms with Gasteiger partial charge in [-0.25, -0.2) is 4.79 Å². The van der Waals surface area contributed by atoms with E-state index in [4.69, 9.17) is 4.74 Å². The molecule has 0 saturated heterocycles. The van der Waals surface area contributed by atoms with Gasteiger partial charge in [-0.2, -0.15) is 0 Å². The number of aliphatic hydroxyl groups excluding tert-OH is 1. The first-order valence-corrected chi connectivity index (χ1v) is 8.69. The van der Waals surface area contributed by atoms with Crippen LogP contribution in [0.1, 0.15) is 63.2 Å². The van der Waals surface area contributed by atoms with Gasteiger partial charge >= 0.3 is 6.09 Å². The zero-order chi connectivity index (χ0) is 16.8. The van der Waals surface area contributed by atoms with Crippen LogP contribution in [-0.2, 0) is 4.74 Å². The smallest absolute Gasteiger partial charge is 0.407 e. The topological polar surface area (TPSA) is 58.6 Å². The maximum Gasteiger partial charge on any atom is 0.407 e. The van der Waals surface area contributed by atoms with E-state index in [1.807, 2.05) is 45.0 Å². The van der Waals surface area contributed by atoms with Crippen LogP contribution in [0.4, 0.5) is 4.79 Å². The Bertz CT molecular complexity index is 509. The van der Waals surface area contributed by atoms with E-state index in [9.17, 15) is 9.90 Å². The Balaban J connectivity index is 2.00. The lowest BCUT2D eigenvalue weighted by Gasteiger charge is -2.29. The monoisotopic (exact) mass is 319 g/mol. The van der Waals surface area contributed by atoms with E-state index in [1.54, 1.807) is 0 Å². The first kappa shape index (κ1) is 17.8. The van der Waals surface area contributed by atoms with E-state index in [2.05, 4.69) is 5.32 Å². The molecule has 23 heavy (non-hydrogen) atoms. The molecule has 1 aliphatic carbocycles. The summed E-state index contributed by atoms with van der Waals surface area (Å²) in [5.74, 6) is 0.0294. The van der Waals surface area contributed by atoms with Crippen molar-refractivity contribution in [3.63, 3.8) is 0 Å². The molecule has 2 unspecified atom stereocenters. The molecule has 0 radical (unpaired) electrons. The summed E-state index contributed by atoms with van der Waals surface area (Å²) in [6, 6.07) is 7.88. The summed E-state index contributed by atoms with van der Waals surface area (Å²) < 4.78 is 5.59. The molecule has 2 atom stereocenters. The van der Waals surface area contributed by atoms with Gasteiger partial charge in [-0.05, 0) is 36.8 Å². The fraction of sp³-hybridized carbons (Fsp3) is 0.632. The van der Waals surface area contributed by atoms with Crippen LogP contribution >= 0.6 is 0 Å². The highest BCUT2D eigenvalue weighted by atomic mass is 16.6. The molecule has 1 aliphatic rings. The fourth-order valence-corrected chi connectivity index (χ4v) is 3.23. The Labute approximate surface area is 139 Å². The van der Waals surface area contributed by atoms with Gasteiger partial charge in [-0.15, -0.1) is 0 Å². The second-order valence-electron chi connectivity index (χ2n) is 6.89. The molecule has 128 valence electrons. The summed E-state index contributed by atoms with van der Waals surface area (Å²) in [6.07, 6.45) is 3.81. The number of alkyl carbamates (subject to hydrolysis) is 1. The summed E-state index contributed by atoms with van der Waals surface area (Å²) in [6.45, 7) is 5.87. The van der Waals surface area contributed by atoms with Crippen LogP contribution in [0, 0.1) is 12.8 Å². The zero-order valence-electron chi connectivity index (χ0n) is 14.4. The van der Waals surface area contributed by atoms with Gasteiger partial charge in [-0.1, -0.05) is 57.4 Å². The molecule has 0 spiro atoms. The lowest BCUT2D eigenvalue weighted by molar-refractivity contribution is -0.0244. The molecule has 1 fully saturated rings. The van der Waals surface area contributed by atoms with Gasteiger partial charge in [0.15, 0.2) is 0 Å². The summed E-state index contributed by atoms with van der Waals surface area (Å²) in [7, 11) is 0. The Morgan fingerprint density at radius 2 is 1.87 bits per heavy atom. The molecular weight excluding hydrogens is 290 g/mol. The van der Waals surface area contributed by atoms with E-state index in [0.717, 1.165) is 36.8 Å². The van der Waals surface area contributed by atoms with Gasteiger partial charge in [0.05, 0.1) is 0 Å². The maximum absolute atomic E-state index is 12.2. The van der Waals surface area contributed by atoms with Crippen molar-refractivity contribution in [3.8, 4) is 0 Å². The molecule has 0 aromatic heterocycles. The largest absolute Gasteiger partial charge is 0.443 e. The van der Waals surface area contributed by atoms with E-state index in [0.29, 0.717) is 0 Å². The van der Waals surface area contributed by atoms with Gasteiger partial charge in [0, 0.05) is 6.04 Å². The Hall–Kier alpha value is -1.55. The summed E-state index contributed by atoms with van der Waals surface area (Å²) >= 11 is 0. The molecule has 1 amide bonds. The van der Waals surface area contributed by atoms with Gasteiger partial charge in [-0.3, -0.25) is 0 Å². The standard InChI is InChI=1S/C19H29NO3/c1-13(2)18(17(21)16-12-8-7-9-14(16)3)23-19(22)20-15-10-5-4-6-11-15/h7-9,12-13,15,17-18,21H,4-6,10-11H2,1-3H3,(H,20,22). The summed E-state index contributed by atoms with van der Waals surface area (Å²) in [5.41, 5.74) is 1.82. The Kier molecular flexibility index (Phi) is 6.46. The first-order valence-electron chi connectivity index (χ1n) is 8.69. The van der Waals surface area contributed by atoms with Crippen LogP contribution in [0.5, 0.6) is 0 Å². The van der Waals surface area contributed by atoms with Crippen LogP contribution in [0.25, 0.3) is 0 Å². The number of ether oxygens (including phenoxy) is 1. The number of aryl methyl sites for hydroxylation is 1. The normalized spacial score (nSPS) is 18.5. The Morgan fingerprint density at radius 3 is 2.48 bits per heavy atom. The average molecular weight is 319 g/mol. The summed E-state index contributed by atoms with van der Waals surface area (Å²) in [5, 5.41) is 13.6. The van der Waals surface area contributed by atoms with Gasteiger partial charge < -0.3 is 15.2 Å². The number of rotatable bonds is 5. The number of benzene rings is 1. The molecule has 1 aromatic carbocycles. The van der Waals surface area contributed by atoms with Crippen molar-refractivity contribution in [2.45, 2.75) is 71.1 Å². The molecule has 0 bridgehead atoms. The number of carbonyl (C=O) groups is 1. The number of hydrogen-bond donors (Lipinski definition) is 2. The third-order valence-corrected chi connectivity index (χ3v) is 4.65. The van der Waals surface area contributed by atoms with Crippen molar-refractivity contribution >= 4 is 6.09 Å². The second kappa shape index (κ2) is 8.34. The van der Waals surface area contributed by atoms with Crippen molar-refractivity contribution in [1.82, 2.24) is 5.32 Å². The lowest BCUT2D eigenvalue weighted by Crippen LogP contribution is -2.41. The quantitative estimate of drug-likeness (QED) is 0.858. The number of hydrogen-bond acceptors (Lipinski definition) is 3. The average Bonchev–Trinajstić information content (AvgIpc) is 2.53. The molecule has 1 saturated carbocycles. The summed E-state index contributed by atoms with van der Waals surface area (Å²) in [4.78, 5) is 12.2. The van der Waals surface area contributed by atoms with E-state index < -0.39 is 18.3 Å². The molecule has 1 aromatic rings. The second-order valence-corrected chi connectivity index (χ2v) is 6.89. The van der Waals surface area contributed by atoms with E-state index >= 15 is 0 Å². The van der Waals surface area contributed by atoms with Crippen molar-refractivity contribution in [3.05, 3.63) is 35.4 Å². The van der Waals surface area contributed by atoms with Crippen LogP contribution < -0.4 is 5.32 Å². The van der Waals surface area contributed by atoms with Gasteiger partial charge in [0.2, 0.25) is 0 Å². The number of amides is 1. The molecule has 0 aliphatic heterocycles. The minimum Gasteiger partial charge on any atom is -0.443 e. The SMILES string of the molecule is Cc1ccccc1C(O)C(OC(=O)NC1CCCCC1)C(C)C. The third kappa shape index (κ3) is 4.96. The zero-order valence-corrected chi connectivity index (χ0v) is 14.4. The highest BCUT2D eigenvalue weighted by Gasteiger charge is 2.29. The fourth-order valence-electron chi connectivity index (χ4n) is 3.23. The van der Waals surface area contributed by atoms with Crippen molar-refractivity contribution in [2.75, 3.05) is 0 Å². The predicted octanol–water partition coefficient (Wildman–Crippen LogP) is 4.11. The van der Waals surface area contributed by atoms with Crippen molar-refractivity contribution in [1.29, 1.82) is 0 Å². The number of aliphatic hydroxyl groups is 1. The minimum atomic E-state index is -0.812. The molecule has 4 heteroatoms. The Morgan fingerprint density at radius 1 is 1.22 bits per heavy atom. The van der Waals surface area contributed by atoms with E-state index in [-0.39, 0.29) is 12.0 Å². The molecular formula is C19H29NO3. The van der Waals surface area contributed by atoms with Crippen LogP contribution in [-0.4, -0.2) is 23.3 Å². The predicted molar refractivity (Wildman–Crippen MR) is 91.3 cm³/mol. The van der Waals surface area contributed by atoms with Crippen LogP contribution in [0.2, 0.25) is 0 Å². The molecule has 2 N–H and O–H groups in total. The highest BCUT2D eigenvalue weighted by molar-refractivity contribution is 5.68. The molecule has 0 heterocycles. The van der Waals surface area contributed by atoms with E-state index in [1.165, 1.54) is 6.42 Å². The number of carbonyl (C=O) groups excluding carboxylic acids is 1. The minimum absolute atomic E-state index is 0.0294. The van der Waals surface area contributed by atoms with Crippen molar-refractivity contribution < 1.29 is 14.6 Å². The number of nitrogens with one attached hydrogen (secondary N) is 1. The van der Waals surface area contributed by atoms with Gasteiger partial charge in [0.1, 0.15) is 12.2 Å². The lowest BCUT2D eigenvalue weighted by atomic mass is 9.93. The molecule has 4 nitrogen and oxygen atoms in total. The van der Waals surface area contributed by atoms with Gasteiger partial charge in [0.25, 0.3) is 0 Å². The third-order valence-electron chi connectivity index (χ3n) is 4.65. The van der Waals surface area contributed by atoms with Crippen molar-refractivity contribution in [2.24, 2.45) is 5.92 Å². The highest BCUT2D eigenvalue weighted by Crippen LogP contribution is 2.27. The maximum atomic E-state index is 12.2. The van der Waals surface area contributed by atoms with Crippen LogP contribution in [0.3, 0.4) is 0 Å². The first-order chi connectivity index (χ1) is 11.0. The molecule has 2 rings (SSSR count).